The molecule has 0 bridgehead atoms. The smallest absolute Gasteiger partial charge is 0.270 e. The minimum atomic E-state index is 0.209. The molecule has 3 rings (SSSR count). The average Bonchev–Trinajstić information content (AvgIpc) is 2.95. The predicted molar refractivity (Wildman–Crippen MR) is 79.3 cm³/mol. The number of aromatic nitrogens is 1. The summed E-state index contributed by atoms with van der Waals surface area (Å²) >= 11 is 3.50. The molecule has 1 aliphatic heterocycles. The van der Waals surface area contributed by atoms with E-state index in [1.807, 2.05) is 11.0 Å². The van der Waals surface area contributed by atoms with Crippen LogP contribution in [-0.4, -0.2) is 28.5 Å². The Hall–Kier alpha value is -0.770. The number of amides is 1. The van der Waals surface area contributed by atoms with Gasteiger partial charge in [0.1, 0.15) is 5.69 Å². The summed E-state index contributed by atoms with van der Waals surface area (Å²) in [5, 5.41) is 0. The molecule has 2 fully saturated rings. The lowest BCUT2D eigenvalue weighted by Gasteiger charge is -2.19. The molecule has 4 heteroatoms. The molecule has 1 amide bonds. The Morgan fingerprint density at radius 2 is 2.11 bits per heavy atom. The van der Waals surface area contributed by atoms with E-state index in [1.165, 1.54) is 12.8 Å². The molecule has 1 atom stereocenters. The lowest BCUT2D eigenvalue weighted by atomic mass is 9.95. The molecule has 1 aromatic rings. The van der Waals surface area contributed by atoms with Crippen molar-refractivity contribution in [2.45, 2.75) is 39.2 Å². The first-order valence-electron chi connectivity index (χ1n) is 7.23. The molecule has 1 unspecified atom stereocenters. The molecule has 2 aliphatic rings. The molecule has 0 aromatic carbocycles. The standard InChI is InChI=1S/C15H21BrN2O/c1-10(2)11-5-6-17(8-11)15(19)14-7-12(16)9-18(14)13-3-4-13/h7,9-11,13H,3-6,8H2,1-2H3. The summed E-state index contributed by atoms with van der Waals surface area (Å²) in [7, 11) is 0. The molecular formula is C15H21BrN2O. The highest BCUT2D eigenvalue weighted by Crippen LogP contribution is 2.38. The average molecular weight is 325 g/mol. The number of hydrogen-bond acceptors (Lipinski definition) is 1. The van der Waals surface area contributed by atoms with Gasteiger partial charge in [0.15, 0.2) is 0 Å². The van der Waals surface area contributed by atoms with E-state index in [-0.39, 0.29) is 5.91 Å². The molecule has 19 heavy (non-hydrogen) atoms. The Kier molecular flexibility index (Phi) is 3.46. The van der Waals surface area contributed by atoms with Crippen molar-refractivity contribution in [3.8, 4) is 0 Å². The first-order chi connectivity index (χ1) is 9.06. The second-order valence-corrected chi connectivity index (χ2v) is 7.14. The summed E-state index contributed by atoms with van der Waals surface area (Å²) in [5.74, 6) is 1.54. The molecule has 104 valence electrons. The van der Waals surface area contributed by atoms with E-state index < -0.39 is 0 Å². The van der Waals surface area contributed by atoms with Crippen LogP contribution in [0.15, 0.2) is 16.7 Å². The minimum Gasteiger partial charge on any atom is -0.339 e. The van der Waals surface area contributed by atoms with Crippen LogP contribution in [0, 0.1) is 11.8 Å². The largest absolute Gasteiger partial charge is 0.339 e. The van der Waals surface area contributed by atoms with Crippen LogP contribution in [-0.2, 0) is 0 Å². The summed E-state index contributed by atoms with van der Waals surface area (Å²) < 4.78 is 3.18. The van der Waals surface area contributed by atoms with Crippen molar-refractivity contribution >= 4 is 21.8 Å². The van der Waals surface area contributed by atoms with Crippen molar-refractivity contribution in [2.24, 2.45) is 11.8 Å². The van der Waals surface area contributed by atoms with Crippen LogP contribution in [0.1, 0.15) is 49.6 Å². The fourth-order valence-electron chi connectivity index (χ4n) is 2.95. The van der Waals surface area contributed by atoms with E-state index in [1.54, 1.807) is 0 Å². The zero-order chi connectivity index (χ0) is 13.6. The van der Waals surface area contributed by atoms with Crippen LogP contribution >= 0.6 is 15.9 Å². The van der Waals surface area contributed by atoms with Crippen LogP contribution in [0.3, 0.4) is 0 Å². The van der Waals surface area contributed by atoms with E-state index >= 15 is 0 Å². The fraction of sp³-hybridized carbons (Fsp3) is 0.667. The second kappa shape index (κ2) is 4.97. The lowest BCUT2D eigenvalue weighted by Crippen LogP contribution is -2.30. The van der Waals surface area contributed by atoms with E-state index in [9.17, 15) is 4.79 Å². The van der Waals surface area contributed by atoms with Crippen LogP contribution in [0.2, 0.25) is 0 Å². The topological polar surface area (TPSA) is 25.2 Å². The Morgan fingerprint density at radius 1 is 1.37 bits per heavy atom. The number of halogens is 1. The van der Waals surface area contributed by atoms with Crippen molar-refractivity contribution in [1.29, 1.82) is 0 Å². The van der Waals surface area contributed by atoms with Crippen LogP contribution in [0.25, 0.3) is 0 Å². The van der Waals surface area contributed by atoms with Gasteiger partial charge in [-0.25, -0.2) is 0 Å². The molecule has 0 N–H and O–H groups in total. The molecule has 1 saturated carbocycles. The Morgan fingerprint density at radius 3 is 2.68 bits per heavy atom. The molecule has 3 nitrogen and oxygen atoms in total. The van der Waals surface area contributed by atoms with Gasteiger partial charge in [0.05, 0.1) is 0 Å². The van der Waals surface area contributed by atoms with Crippen molar-refractivity contribution in [3.05, 3.63) is 22.4 Å². The molecule has 1 saturated heterocycles. The number of carbonyl (C=O) groups is 1. The number of rotatable bonds is 3. The third-order valence-corrected chi connectivity index (χ3v) is 4.86. The maximum absolute atomic E-state index is 12.7. The maximum atomic E-state index is 12.7. The molecular weight excluding hydrogens is 304 g/mol. The summed E-state index contributed by atoms with van der Waals surface area (Å²) in [6.07, 6.45) is 5.61. The Labute approximate surface area is 123 Å². The van der Waals surface area contributed by atoms with Crippen molar-refractivity contribution in [3.63, 3.8) is 0 Å². The quantitative estimate of drug-likeness (QED) is 0.832. The predicted octanol–water partition coefficient (Wildman–Crippen LogP) is 3.70. The maximum Gasteiger partial charge on any atom is 0.270 e. The molecule has 0 spiro atoms. The number of likely N-dealkylation sites (tertiary alicyclic amines) is 1. The second-order valence-electron chi connectivity index (χ2n) is 6.23. The van der Waals surface area contributed by atoms with E-state index in [0.29, 0.717) is 17.9 Å². The first-order valence-corrected chi connectivity index (χ1v) is 8.02. The first kappa shape index (κ1) is 13.2. The van der Waals surface area contributed by atoms with Gasteiger partial charge in [-0.1, -0.05) is 13.8 Å². The third kappa shape index (κ3) is 2.60. The van der Waals surface area contributed by atoms with Gasteiger partial charge in [-0.15, -0.1) is 0 Å². The van der Waals surface area contributed by atoms with Gasteiger partial charge in [0.25, 0.3) is 5.91 Å². The number of carbonyl (C=O) groups excluding carboxylic acids is 1. The third-order valence-electron chi connectivity index (χ3n) is 4.43. The Bertz CT molecular complexity index is 490. The molecule has 1 aliphatic carbocycles. The zero-order valence-corrected chi connectivity index (χ0v) is 13.2. The minimum absolute atomic E-state index is 0.209. The van der Waals surface area contributed by atoms with E-state index in [2.05, 4.69) is 40.5 Å². The van der Waals surface area contributed by atoms with Crippen LogP contribution < -0.4 is 0 Å². The van der Waals surface area contributed by atoms with E-state index in [4.69, 9.17) is 0 Å². The van der Waals surface area contributed by atoms with Gasteiger partial charge in [0, 0.05) is 29.8 Å². The van der Waals surface area contributed by atoms with Crippen LogP contribution in [0.4, 0.5) is 0 Å². The lowest BCUT2D eigenvalue weighted by molar-refractivity contribution is 0.0773. The summed E-state index contributed by atoms with van der Waals surface area (Å²) in [6.45, 7) is 6.34. The zero-order valence-electron chi connectivity index (χ0n) is 11.6. The van der Waals surface area contributed by atoms with Gasteiger partial charge in [-0.3, -0.25) is 4.79 Å². The summed E-state index contributed by atoms with van der Waals surface area (Å²) in [5.41, 5.74) is 0.860. The highest BCUT2D eigenvalue weighted by atomic mass is 79.9. The number of hydrogen-bond donors (Lipinski definition) is 0. The summed E-state index contributed by atoms with van der Waals surface area (Å²) in [4.78, 5) is 14.7. The number of nitrogens with zero attached hydrogens (tertiary/aromatic N) is 2. The normalized spacial score (nSPS) is 23.4. The molecule has 2 heterocycles. The van der Waals surface area contributed by atoms with Crippen molar-refractivity contribution < 1.29 is 4.79 Å². The van der Waals surface area contributed by atoms with Crippen LogP contribution in [0.5, 0.6) is 0 Å². The Balaban J connectivity index is 1.77. The van der Waals surface area contributed by atoms with Crippen molar-refractivity contribution in [2.75, 3.05) is 13.1 Å². The molecule has 0 radical (unpaired) electrons. The highest BCUT2D eigenvalue weighted by Gasteiger charge is 2.33. The van der Waals surface area contributed by atoms with E-state index in [0.717, 1.165) is 29.7 Å². The van der Waals surface area contributed by atoms with Gasteiger partial charge in [-0.2, -0.15) is 0 Å². The highest BCUT2D eigenvalue weighted by molar-refractivity contribution is 9.10. The molecule has 1 aromatic heterocycles. The van der Waals surface area contributed by atoms with Gasteiger partial charge >= 0.3 is 0 Å². The van der Waals surface area contributed by atoms with Gasteiger partial charge in [-0.05, 0) is 53.1 Å². The fourth-order valence-corrected chi connectivity index (χ4v) is 3.39. The monoisotopic (exact) mass is 324 g/mol. The van der Waals surface area contributed by atoms with Crippen molar-refractivity contribution in [1.82, 2.24) is 9.47 Å². The SMILES string of the molecule is CC(C)C1CCN(C(=O)c2cc(Br)cn2C2CC2)C1. The van der Waals surface area contributed by atoms with Gasteiger partial charge in [0.2, 0.25) is 0 Å². The summed E-state index contributed by atoms with van der Waals surface area (Å²) in [6, 6.07) is 2.53. The van der Waals surface area contributed by atoms with Gasteiger partial charge < -0.3 is 9.47 Å².